The van der Waals surface area contributed by atoms with Crippen molar-refractivity contribution in [3.63, 3.8) is 0 Å². The van der Waals surface area contributed by atoms with Crippen molar-refractivity contribution in [3.05, 3.63) is 53.8 Å². The van der Waals surface area contributed by atoms with Gasteiger partial charge in [-0.2, -0.15) is 18.6 Å². The van der Waals surface area contributed by atoms with E-state index in [0.717, 1.165) is 0 Å². The van der Waals surface area contributed by atoms with Gasteiger partial charge in [-0.25, -0.2) is 0 Å². The molecule has 0 saturated carbocycles. The van der Waals surface area contributed by atoms with Gasteiger partial charge in [0.25, 0.3) is 10.1 Å². The maximum absolute atomic E-state index is 11.8. The molecule has 1 unspecified atom stereocenters. The van der Waals surface area contributed by atoms with Gasteiger partial charge in [-0.3, -0.25) is 4.55 Å². The minimum Gasteiger partial charge on any atom is -0.309 e. The molecule has 7 nitrogen and oxygen atoms in total. The number of nitrogens with zero attached hydrogens (tertiary/aromatic N) is 2. The third-order valence-electron chi connectivity index (χ3n) is 3.99. The largest absolute Gasteiger partial charge is 0.309 e. The molecule has 1 aromatic rings. The van der Waals surface area contributed by atoms with Gasteiger partial charge < -0.3 is 11.5 Å². The molecule has 0 heterocycles. The SMILES string of the molecule is CC1=C(N=Nc2ccccc2)C=CC(N)(N)C1(C)S(=O)(=O)O. The summed E-state index contributed by atoms with van der Waals surface area (Å²) in [6.07, 6.45) is 2.79. The fourth-order valence-corrected chi connectivity index (χ4v) is 3.21. The summed E-state index contributed by atoms with van der Waals surface area (Å²) in [5, 5.41) is 8.07. The van der Waals surface area contributed by atoms with Gasteiger partial charge in [0.05, 0.1) is 11.4 Å². The standard InChI is InChI=1S/C14H18N4O3S/c1-10-12(18-17-11-6-4-3-5-7-11)8-9-14(15,16)13(10,2)22(19,20)21/h3-9H,15-16H2,1-2H3,(H,19,20,21). The Bertz CT molecular complexity index is 767. The van der Waals surface area contributed by atoms with Crippen LogP contribution in [0.2, 0.25) is 0 Å². The molecule has 0 spiro atoms. The van der Waals surface area contributed by atoms with Gasteiger partial charge in [0, 0.05) is 0 Å². The average molecular weight is 322 g/mol. The summed E-state index contributed by atoms with van der Waals surface area (Å²) >= 11 is 0. The number of azo groups is 1. The Morgan fingerprint density at radius 1 is 1.14 bits per heavy atom. The third-order valence-corrected chi connectivity index (χ3v) is 5.68. The van der Waals surface area contributed by atoms with Crippen molar-refractivity contribution in [3.8, 4) is 0 Å². The van der Waals surface area contributed by atoms with Crippen LogP contribution in [-0.2, 0) is 10.1 Å². The van der Waals surface area contributed by atoms with E-state index >= 15 is 0 Å². The van der Waals surface area contributed by atoms with Crippen LogP contribution in [0.4, 0.5) is 5.69 Å². The summed E-state index contributed by atoms with van der Waals surface area (Å²) in [5.74, 6) is 0. The number of hydrogen-bond acceptors (Lipinski definition) is 6. The van der Waals surface area contributed by atoms with Gasteiger partial charge in [0.1, 0.15) is 5.66 Å². The van der Waals surface area contributed by atoms with E-state index in [1.165, 1.54) is 26.0 Å². The molecule has 8 heteroatoms. The second kappa shape index (κ2) is 5.40. The zero-order valence-corrected chi connectivity index (χ0v) is 13.1. The van der Waals surface area contributed by atoms with Crippen molar-refractivity contribution in [2.45, 2.75) is 24.3 Å². The van der Waals surface area contributed by atoms with Crippen LogP contribution in [-0.4, -0.2) is 23.4 Å². The van der Waals surface area contributed by atoms with E-state index in [2.05, 4.69) is 10.2 Å². The number of allylic oxidation sites excluding steroid dienone is 1. The van der Waals surface area contributed by atoms with Gasteiger partial charge in [0.15, 0.2) is 4.75 Å². The summed E-state index contributed by atoms with van der Waals surface area (Å²) in [6, 6.07) is 8.96. The Morgan fingerprint density at radius 3 is 2.27 bits per heavy atom. The molecule has 0 bridgehead atoms. The number of rotatable bonds is 3. The van der Waals surface area contributed by atoms with Crippen molar-refractivity contribution >= 4 is 15.8 Å². The van der Waals surface area contributed by atoms with E-state index in [-0.39, 0.29) is 11.3 Å². The maximum Gasteiger partial charge on any atom is 0.277 e. The van der Waals surface area contributed by atoms with E-state index in [9.17, 15) is 13.0 Å². The normalized spacial score (nSPS) is 25.0. The summed E-state index contributed by atoms with van der Waals surface area (Å²) in [6.45, 7) is 2.77. The van der Waals surface area contributed by atoms with Crippen LogP contribution in [0, 0.1) is 0 Å². The second-order valence-electron chi connectivity index (χ2n) is 5.32. The van der Waals surface area contributed by atoms with Gasteiger partial charge in [-0.15, -0.1) is 0 Å². The van der Waals surface area contributed by atoms with Crippen molar-refractivity contribution < 1.29 is 13.0 Å². The van der Waals surface area contributed by atoms with Crippen molar-refractivity contribution in [2.24, 2.45) is 21.7 Å². The molecule has 5 N–H and O–H groups in total. The molecule has 22 heavy (non-hydrogen) atoms. The summed E-state index contributed by atoms with van der Waals surface area (Å²) in [5.41, 5.74) is 11.1. The topological polar surface area (TPSA) is 131 Å². The summed E-state index contributed by atoms with van der Waals surface area (Å²) in [4.78, 5) is 0. The summed E-state index contributed by atoms with van der Waals surface area (Å²) < 4.78 is 31.3. The molecule has 1 atom stereocenters. The number of benzene rings is 1. The Kier molecular flexibility index (Phi) is 4.05. The van der Waals surface area contributed by atoms with E-state index in [1.54, 1.807) is 24.3 Å². The molecular weight excluding hydrogens is 304 g/mol. The molecule has 0 aliphatic heterocycles. The number of hydrogen-bond donors (Lipinski definition) is 3. The van der Waals surface area contributed by atoms with Gasteiger partial charge in [-0.1, -0.05) is 18.2 Å². The van der Waals surface area contributed by atoms with Crippen LogP contribution in [0.1, 0.15) is 13.8 Å². The first-order valence-electron chi connectivity index (χ1n) is 6.52. The molecule has 1 aromatic carbocycles. The highest BCUT2D eigenvalue weighted by Gasteiger charge is 2.55. The molecule has 0 fully saturated rings. The molecule has 0 saturated heterocycles. The Morgan fingerprint density at radius 2 is 1.73 bits per heavy atom. The quantitative estimate of drug-likeness (QED) is 0.444. The van der Waals surface area contributed by atoms with Crippen LogP contribution in [0.25, 0.3) is 0 Å². The molecule has 0 amide bonds. The molecule has 1 aliphatic carbocycles. The first-order chi connectivity index (χ1) is 10.1. The lowest BCUT2D eigenvalue weighted by Gasteiger charge is -2.42. The second-order valence-corrected chi connectivity index (χ2v) is 7.09. The molecule has 0 aromatic heterocycles. The van der Waals surface area contributed by atoms with Crippen LogP contribution in [0.5, 0.6) is 0 Å². The zero-order valence-electron chi connectivity index (χ0n) is 12.3. The zero-order chi connectivity index (χ0) is 16.6. The van der Waals surface area contributed by atoms with E-state index in [1.807, 2.05) is 6.07 Å². The fraction of sp³-hybridized carbons (Fsp3) is 0.286. The predicted octanol–water partition coefficient (Wildman–Crippen LogP) is 1.87. The lowest BCUT2D eigenvalue weighted by atomic mass is 9.83. The monoisotopic (exact) mass is 322 g/mol. The average Bonchev–Trinajstić information content (AvgIpc) is 2.44. The van der Waals surface area contributed by atoms with E-state index in [4.69, 9.17) is 11.5 Å². The Labute approximate surface area is 129 Å². The molecular formula is C14H18N4O3S. The van der Waals surface area contributed by atoms with Gasteiger partial charge in [0.2, 0.25) is 0 Å². The van der Waals surface area contributed by atoms with Crippen LogP contribution in [0.3, 0.4) is 0 Å². The fourth-order valence-electron chi connectivity index (χ4n) is 2.20. The lowest BCUT2D eigenvalue weighted by molar-refractivity contribution is 0.372. The maximum atomic E-state index is 11.8. The highest BCUT2D eigenvalue weighted by molar-refractivity contribution is 7.87. The predicted molar refractivity (Wildman–Crippen MR) is 83.9 cm³/mol. The minimum atomic E-state index is -4.56. The van der Waals surface area contributed by atoms with Crippen molar-refractivity contribution in [2.75, 3.05) is 0 Å². The molecule has 2 rings (SSSR count). The first-order valence-corrected chi connectivity index (χ1v) is 7.96. The van der Waals surface area contributed by atoms with Crippen LogP contribution in [0.15, 0.2) is 64.0 Å². The van der Waals surface area contributed by atoms with Crippen LogP contribution >= 0.6 is 0 Å². The van der Waals surface area contributed by atoms with E-state index in [0.29, 0.717) is 5.69 Å². The van der Waals surface area contributed by atoms with Gasteiger partial charge >= 0.3 is 0 Å². The van der Waals surface area contributed by atoms with E-state index < -0.39 is 20.5 Å². The molecule has 118 valence electrons. The Hall–Kier alpha value is -1.87. The van der Waals surface area contributed by atoms with Crippen molar-refractivity contribution in [1.29, 1.82) is 0 Å². The minimum absolute atomic E-state index is 0.224. The first kappa shape index (κ1) is 16.5. The highest BCUT2D eigenvalue weighted by Crippen LogP contribution is 2.39. The smallest absolute Gasteiger partial charge is 0.277 e. The lowest BCUT2D eigenvalue weighted by Crippen LogP contribution is -2.68. The van der Waals surface area contributed by atoms with Gasteiger partial charge in [-0.05, 0) is 43.7 Å². The molecule has 0 radical (unpaired) electrons. The Balaban J connectivity index is 2.51. The molecule has 1 aliphatic rings. The summed E-state index contributed by atoms with van der Waals surface area (Å²) in [7, 11) is -4.56. The van der Waals surface area contributed by atoms with Crippen molar-refractivity contribution in [1.82, 2.24) is 0 Å². The number of nitrogens with two attached hydrogens (primary N) is 2. The third kappa shape index (κ3) is 2.61. The highest BCUT2D eigenvalue weighted by atomic mass is 32.2. The van der Waals surface area contributed by atoms with Crippen LogP contribution < -0.4 is 11.5 Å².